The Labute approximate surface area is 121 Å². The molecule has 0 aliphatic carbocycles. The first-order valence-corrected chi connectivity index (χ1v) is 6.75. The average molecular weight is 285 g/mol. The van der Waals surface area contributed by atoms with Crippen LogP contribution in [0.5, 0.6) is 0 Å². The highest BCUT2D eigenvalue weighted by Gasteiger charge is 2.30. The summed E-state index contributed by atoms with van der Waals surface area (Å²) in [7, 11) is 1.67. The summed E-state index contributed by atoms with van der Waals surface area (Å²) in [5, 5.41) is 2.28. The lowest BCUT2D eigenvalue weighted by Crippen LogP contribution is -2.44. The van der Waals surface area contributed by atoms with Crippen LogP contribution in [0.15, 0.2) is 41.3 Å². The molecule has 21 heavy (non-hydrogen) atoms. The van der Waals surface area contributed by atoms with Gasteiger partial charge in [-0.05, 0) is 12.0 Å². The number of rotatable bonds is 2. The number of aromatic nitrogens is 2. The fourth-order valence-corrected chi connectivity index (χ4v) is 2.60. The number of carbonyl (C=O) groups is 2. The maximum Gasteiger partial charge on any atom is 0.329 e. The van der Waals surface area contributed by atoms with Crippen molar-refractivity contribution in [1.82, 2.24) is 14.5 Å². The second-order valence-electron chi connectivity index (χ2n) is 5.10. The minimum atomic E-state index is -0.626. The highest BCUT2D eigenvalue weighted by Crippen LogP contribution is 2.22. The van der Waals surface area contributed by atoms with E-state index in [2.05, 4.69) is 5.32 Å². The van der Waals surface area contributed by atoms with Gasteiger partial charge in [-0.3, -0.25) is 24.0 Å². The molecular formula is C15H15N3O3. The molecular weight excluding hydrogens is 270 g/mol. The summed E-state index contributed by atoms with van der Waals surface area (Å²) in [6, 6.07) is 8.87. The van der Waals surface area contributed by atoms with Crippen molar-refractivity contribution >= 4 is 11.8 Å². The van der Waals surface area contributed by atoms with Gasteiger partial charge in [-0.2, -0.15) is 0 Å². The van der Waals surface area contributed by atoms with Crippen LogP contribution in [0.25, 0.3) is 11.3 Å². The molecule has 0 spiro atoms. The van der Waals surface area contributed by atoms with Gasteiger partial charge in [0.05, 0.1) is 5.69 Å². The van der Waals surface area contributed by atoms with Crippen LogP contribution >= 0.6 is 0 Å². The summed E-state index contributed by atoms with van der Waals surface area (Å²) in [5.74, 6) is -0.706. The van der Waals surface area contributed by atoms with E-state index in [0.29, 0.717) is 6.42 Å². The number of piperidine rings is 1. The van der Waals surface area contributed by atoms with Crippen molar-refractivity contribution in [2.24, 2.45) is 7.05 Å². The zero-order valence-corrected chi connectivity index (χ0v) is 11.6. The van der Waals surface area contributed by atoms with Crippen LogP contribution in [-0.2, 0) is 16.6 Å². The SMILES string of the molecule is Cn1c(-c2ccccc2)cn(C2CCC(=O)NC2=O)c1=O. The number of amides is 2. The Morgan fingerprint density at radius 2 is 1.86 bits per heavy atom. The Balaban J connectivity index is 2.04. The maximum atomic E-state index is 12.4. The first-order chi connectivity index (χ1) is 10.1. The minimum Gasteiger partial charge on any atom is -0.295 e. The standard InChI is InChI=1S/C15H15N3O3/c1-17-12(10-5-3-2-4-6-10)9-18(15(17)21)11-7-8-13(19)16-14(11)20/h2-6,9,11H,7-8H2,1H3,(H,16,19,20). The molecule has 0 radical (unpaired) electrons. The van der Waals surface area contributed by atoms with Crippen molar-refractivity contribution < 1.29 is 9.59 Å². The molecule has 6 nitrogen and oxygen atoms in total. The second kappa shape index (κ2) is 5.05. The molecule has 1 aromatic heterocycles. The number of hydrogen-bond donors (Lipinski definition) is 1. The number of carbonyl (C=O) groups excluding carboxylic acids is 2. The third kappa shape index (κ3) is 2.29. The van der Waals surface area contributed by atoms with Crippen LogP contribution in [0.3, 0.4) is 0 Å². The molecule has 3 rings (SSSR count). The molecule has 0 bridgehead atoms. The largest absolute Gasteiger partial charge is 0.329 e. The van der Waals surface area contributed by atoms with Gasteiger partial charge in [-0.1, -0.05) is 30.3 Å². The van der Waals surface area contributed by atoms with Crippen LogP contribution in [0.2, 0.25) is 0 Å². The lowest BCUT2D eigenvalue weighted by atomic mass is 10.1. The molecule has 1 atom stereocenters. The predicted molar refractivity (Wildman–Crippen MR) is 76.5 cm³/mol. The molecule has 108 valence electrons. The first kappa shape index (κ1) is 13.4. The van der Waals surface area contributed by atoms with Gasteiger partial charge in [0.1, 0.15) is 6.04 Å². The summed E-state index contributed by atoms with van der Waals surface area (Å²) < 4.78 is 2.92. The summed E-state index contributed by atoms with van der Waals surface area (Å²) in [5.41, 5.74) is 1.39. The minimum absolute atomic E-state index is 0.248. The first-order valence-electron chi connectivity index (χ1n) is 6.75. The number of imide groups is 1. The third-order valence-corrected chi connectivity index (χ3v) is 3.75. The zero-order chi connectivity index (χ0) is 15.0. The average Bonchev–Trinajstić information content (AvgIpc) is 2.77. The zero-order valence-electron chi connectivity index (χ0n) is 11.6. The number of nitrogens with one attached hydrogen (secondary N) is 1. The normalized spacial score (nSPS) is 18.6. The Morgan fingerprint density at radius 1 is 1.14 bits per heavy atom. The van der Waals surface area contributed by atoms with Crippen molar-refractivity contribution in [1.29, 1.82) is 0 Å². The molecule has 1 unspecified atom stereocenters. The summed E-state index contributed by atoms with van der Waals surface area (Å²) in [4.78, 5) is 35.5. The van der Waals surface area contributed by atoms with E-state index in [4.69, 9.17) is 0 Å². The van der Waals surface area contributed by atoms with Crippen LogP contribution < -0.4 is 11.0 Å². The van der Waals surface area contributed by atoms with Crippen molar-refractivity contribution in [3.05, 3.63) is 47.0 Å². The lowest BCUT2D eigenvalue weighted by Gasteiger charge is -2.20. The molecule has 2 aromatic rings. The second-order valence-corrected chi connectivity index (χ2v) is 5.10. The fraction of sp³-hybridized carbons (Fsp3) is 0.267. The monoisotopic (exact) mass is 285 g/mol. The van der Waals surface area contributed by atoms with Crippen LogP contribution in [0, 0.1) is 0 Å². The van der Waals surface area contributed by atoms with E-state index in [-0.39, 0.29) is 18.0 Å². The van der Waals surface area contributed by atoms with E-state index in [1.807, 2.05) is 30.3 Å². The number of imidazole rings is 1. The van der Waals surface area contributed by atoms with Gasteiger partial charge >= 0.3 is 5.69 Å². The quantitative estimate of drug-likeness (QED) is 0.831. The van der Waals surface area contributed by atoms with Gasteiger partial charge in [0, 0.05) is 19.7 Å². The molecule has 1 aromatic carbocycles. The molecule has 2 heterocycles. The Kier molecular flexibility index (Phi) is 3.21. The third-order valence-electron chi connectivity index (χ3n) is 3.75. The van der Waals surface area contributed by atoms with E-state index >= 15 is 0 Å². The van der Waals surface area contributed by atoms with E-state index in [1.165, 1.54) is 9.13 Å². The van der Waals surface area contributed by atoms with Crippen molar-refractivity contribution in [3.63, 3.8) is 0 Å². The molecule has 1 aliphatic heterocycles. The highest BCUT2D eigenvalue weighted by molar-refractivity contribution is 5.99. The van der Waals surface area contributed by atoms with Crippen molar-refractivity contribution in [2.45, 2.75) is 18.9 Å². The molecule has 1 aliphatic rings. The molecule has 6 heteroatoms. The summed E-state index contributed by atoms with van der Waals surface area (Å²) >= 11 is 0. The summed E-state index contributed by atoms with van der Waals surface area (Å²) in [6.45, 7) is 0. The predicted octanol–water partition coefficient (Wildman–Crippen LogP) is 0.831. The van der Waals surface area contributed by atoms with Gasteiger partial charge in [-0.15, -0.1) is 0 Å². The van der Waals surface area contributed by atoms with E-state index in [1.54, 1.807) is 13.2 Å². The van der Waals surface area contributed by atoms with E-state index < -0.39 is 11.9 Å². The maximum absolute atomic E-state index is 12.4. The molecule has 0 saturated carbocycles. The van der Waals surface area contributed by atoms with E-state index in [9.17, 15) is 14.4 Å². The Hall–Kier alpha value is -2.63. The number of hydrogen-bond acceptors (Lipinski definition) is 3. The number of nitrogens with zero attached hydrogens (tertiary/aromatic N) is 2. The lowest BCUT2D eigenvalue weighted by molar-refractivity contribution is -0.135. The molecule has 2 amide bonds. The number of benzene rings is 1. The Bertz CT molecular complexity index is 758. The topological polar surface area (TPSA) is 73.1 Å². The molecule has 1 fully saturated rings. The van der Waals surface area contributed by atoms with Crippen LogP contribution in [-0.4, -0.2) is 20.9 Å². The fourth-order valence-electron chi connectivity index (χ4n) is 2.60. The Morgan fingerprint density at radius 3 is 2.52 bits per heavy atom. The molecule has 1 saturated heterocycles. The van der Waals surface area contributed by atoms with Crippen LogP contribution in [0.1, 0.15) is 18.9 Å². The van der Waals surface area contributed by atoms with E-state index in [0.717, 1.165) is 11.3 Å². The molecule has 1 N–H and O–H groups in total. The van der Waals surface area contributed by atoms with Gasteiger partial charge in [-0.25, -0.2) is 4.79 Å². The van der Waals surface area contributed by atoms with Crippen molar-refractivity contribution in [2.75, 3.05) is 0 Å². The van der Waals surface area contributed by atoms with Gasteiger partial charge in [0.2, 0.25) is 11.8 Å². The van der Waals surface area contributed by atoms with Gasteiger partial charge < -0.3 is 0 Å². The smallest absolute Gasteiger partial charge is 0.295 e. The van der Waals surface area contributed by atoms with Crippen molar-refractivity contribution in [3.8, 4) is 11.3 Å². The highest BCUT2D eigenvalue weighted by atomic mass is 16.2. The summed E-state index contributed by atoms with van der Waals surface area (Å²) in [6.07, 6.45) is 2.28. The van der Waals surface area contributed by atoms with Gasteiger partial charge in [0.15, 0.2) is 0 Å². The van der Waals surface area contributed by atoms with Gasteiger partial charge in [0.25, 0.3) is 0 Å². The van der Waals surface area contributed by atoms with Crippen LogP contribution in [0.4, 0.5) is 0 Å².